The molecule has 1 heterocycles. The summed E-state index contributed by atoms with van der Waals surface area (Å²) in [5.41, 5.74) is 0.0486. The first kappa shape index (κ1) is 12.0. The average molecular weight is 241 g/mol. The molecule has 1 aromatic rings. The fourth-order valence-electron chi connectivity index (χ4n) is 1.64. The largest absolute Gasteiger partial charge is 0.462 e. The molecule has 2 rings (SSSR count). The molecule has 0 aliphatic heterocycles. The van der Waals surface area contributed by atoms with E-state index in [0.29, 0.717) is 5.69 Å². The maximum Gasteiger partial charge on any atom is 0.340 e. The summed E-state index contributed by atoms with van der Waals surface area (Å²) in [6.45, 7) is 1.79. The van der Waals surface area contributed by atoms with Crippen LogP contribution < -0.4 is 0 Å². The molecule has 3 nitrogen and oxygen atoms in total. The molecule has 92 valence electrons. The molecule has 1 aromatic heterocycles. The summed E-state index contributed by atoms with van der Waals surface area (Å²) in [5, 5.41) is 0. The second-order valence-electron chi connectivity index (χ2n) is 3.96. The molecule has 17 heavy (non-hydrogen) atoms. The quantitative estimate of drug-likeness (QED) is 0.760. The normalized spacial score (nSPS) is 15.1. The Hall–Kier alpha value is -1.52. The maximum atomic E-state index is 12.8. The Morgan fingerprint density at radius 1 is 1.53 bits per heavy atom. The summed E-state index contributed by atoms with van der Waals surface area (Å²) in [6.07, 6.45) is -0.795. The lowest BCUT2D eigenvalue weighted by atomic mass is 10.1. The first-order valence-corrected chi connectivity index (χ1v) is 5.59. The van der Waals surface area contributed by atoms with Crippen molar-refractivity contribution in [2.75, 3.05) is 6.61 Å². The number of carbonyl (C=O) groups is 1. The molecule has 1 aliphatic rings. The summed E-state index contributed by atoms with van der Waals surface area (Å²) < 4.78 is 30.4. The molecule has 1 aliphatic carbocycles. The Kier molecular flexibility index (Phi) is 3.36. The number of carbonyl (C=O) groups excluding carboxylic acids is 1. The van der Waals surface area contributed by atoms with Gasteiger partial charge in [0.15, 0.2) is 0 Å². The Labute approximate surface area is 97.8 Å². The van der Waals surface area contributed by atoms with Gasteiger partial charge in [-0.2, -0.15) is 0 Å². The minimum Gasteiger partial charge on any atom is -0.462 e. The SMILES string of the molecule is CCOC(=O)c1ccc(C2CC2)nc1C(F)F. The van der Waals surface area contributed by atoms with Crippen molar-refractivity contribution >= 4 is 5.97 Å². The van der Waals surface area contributed by atoms with Crippen LogP contribution in [0.5, 0.6) is 0 Å². The Morgan fingerprint density at radius 3 is 2.76 bits per heavy atom. The fraction of sp³-hybridized carbons (Fsp3) is 0.500. The highest BCUT2D eigenvalue weighted by molar-refractivity contribution is 5.90. The van der Waals surface area contributed by atoms with Gasteiger partial charge in [0.05, 0.1) is 12.2 Å². The van der Waals surface area contributed by atoms with Gasteiger partial charge in [-0.05, 0) is 31.9 Å². The summed E-state index contributed by atoms with van der Waals surface area (Å²) in [4.78, 5) is 15.4. The lowest BCUT2D eigenvalue weighted by Crippen LogP contribution is -2.11. The van der Waals surface area contributed by atoms with Crippen LogP contribution in [-0.4, -0.2) is 17.6 Å². The molecule has 0 radical (unpaired) electrons. The van der Waals surface area contributed by atoms with Crippen LogP contribution in [0.15, 0.2) is 12.1 Å². The van der Waals surface area contributed by atoms with E-state index in [1.165, 1.54) is 6.07 Å². The van der Waals surface area contributed by atoms with Crippen molar-refractivity contribution in [3.05, 3.63) is 29.1 Å². The van der Waals surface area contributed by atoms with E-state index >= 15 is 0 Å². The molecule has 0 spiro atoms. The highest BCUT2D eigenvalue weighted by atomic mass is 19.3. The number of hydrogen-bond acceptors (Lipinski definition) is 3. The van der Waals surface area contributed by atoms with Gasteiger partial charge >= 0.3 is 5.97 Å². The van der Waals surface area contributed by atoms with Crippen LogP contribution >= 0.6 is 0 Å². The van der Waals surface area contributed by atoms with Gasteiger partial charge in [0.25, 0.3) is 6.43 Å². The third kappa shape index (κ3) is 2.60. The van der Waals surface area contributed by atoms with Gasteiger partial charge in [0.1, 0.15) is 5.69 Å². The van der Waals surface area contributed by atoms with Gasteiger partial charge in [-0.1, -0.05) is 0 Å². The van der Waals surface area contributed by atoms with Gasteiger partial charge in [0, 0.05) is 11.6 Å². The van der Waals surface area contributed by atoms with E-state index in [1.807, 2.05) is 0 Å². The van der Waals surface area contributed by atoms with Crippen molar-refractivity contribution in [3.63, 3.8) is 0 Å². The number of alkyl halides is 2. The van der Waals surface area contributed by atoms with Crippen molar-refractivity contribution in [2.45, 2.75) is 32.1 Å². The molecule has 0 N–H and O–H groups in total. The van der Waals surface area contributed by atoms with Crippen molar-refractivity contribution in [3.8, 4) is 0 Å². The standard InChI is InChI=1S/C12H13F2NO2/c1-2-17-12(16)8-5-6-9(7-3-4-7)15-10(8)11(13)14/h5-7,11H,2-4H2,1H3. The topological polar surface area (TPSA) is 39.2 Å². The number of esters is 1. The highest BCUT2D eigenvalue weighted by Gasteiger charge is 2.28. The van der Waals surface area contributed by atoms with Gasteiger partial charge < -0.3 is 4.74 Å². The number of nitrogens with zero attached hydrogens (tertiary/aromatic N) is 1. The Morgan fingerprint density at radius 2 is 2.24 bits per heavy atom. The minimum atomic E-state index is -2.76. The average Bonchev–Trinajstić information content (AvgIpc) is 3.12. The summed E-state index contributed by atoms with van der Waals surface area (Å²) in [7, 11) is 0. The summed E-state index contributed by atoms with van der Waals surface area (Å²) >= 11 is 0. The van der Waals surface area contributed by atoms with E-state index in [-0.39, 0.29) is 18.1 Å². The molecule has 1 saturated carbocycles. The Bertz CT molecular complexity index is 431. The molecule has 0 bridgehead atoms. The van der Waals surface area contributed by atoms with Gasteiger partial charge in [0.2, 0.25) is 0 Å². The van der Waals surface area contributed by atoms with Crippen LogP contribution in [0.25, 0.3) is 0 Å². The molecule has 1 fully saturated rings. The fourth-order valence-corrected chi connectivity index (χ4v) is 1.64. The van der Waals surface area contributed by atoms with Gasteiger partial charge in [-0.3, -0.25) is 4.98 Å². The second kappa shape index (κ2) is 4.77. The van der Waals surface area contributed by atoms with Crippen LogP contribution in [-0.2, 0) is 4.74 Å². The first-order valence-electron chi connectivity index (χ1n) is 5.59. The van der Waals surface area contributed by atoms with E-state index in [0.717, 1.165) is 12.8 Å². The molecule has 0 unspecified atom stereocenters. The van der Waals surface area contributed by atoms with Crippen LogP contribution in [0.1, 0.15) is 53.9 Å². The van der Waals surface area contributed by atoms with Gasteiger partial charge in [-0.25, -0.2) is 13.6 Å². The summed E-state index contributed by atoms with van der Waals surface area (Å²) in [5.74, 6) is -0.457. The predicted molar refractivity (Wildman–Crippen MR) is 57.1 cm³/mol. The predicted octanol–water partition coefficient (Wildman–Crippen LogP) is 3.07. The Balaban J connectivity index is 2.33. The number of rotatable bonds is 4. The number of halogens is 2. The molecule has 0 saturated heterocycles. The summed E-state index contributed by atoms with van der Waals surface area (Å²) in [6, 6.07) is 3.02. The second-order valence-corrected chi connectivity index (χ2v) is 3.96. The zero-order valence-corrected chi connectivity index (χ0v) is 9.45. The zero-order chi connectivity index (χ0) is 12.4. The number of aromatic nitrogens is 1. The van der Waals surface area contributed by atoms with Crippen molar-refractivity contribution < 1.29 is 18.3 Å². The van der Waals surface area contributed by atoms with Crippen molar-refractivity contribution in [2.24, 2.45) is 0 Å². The molecular weight excluding hydrogens is 228 g/mol. The molecular formula is C12H13F2NO2. The van der Waals surface area contributed by atoms with Crippen LogP contribution in [0, 0.1) is 0 Å². The van der Waals surface area contributed by atoms with Crippen molar-refractivity contribution in [1.82, 2.24) is 4.98 Å². The van der Waals surface area contributed by atoms with Crippen LogP contribution in [0.4, 0.5) is 8.78 Å². The van der Waals surface area contributed by atoms with E-state index in [9.17, 15) is 13.6 Å². The van der Waals surface area contributed by atoms with Crippen LogP contribution in [0.2, 0.25) is 0 Å². The molecule has 0 amide bonds. The lowest BCUT2D eigenvalue weighted by Gasteiger charge is -2.09. The third-order valence-corrected chi connectivity index (χ3v) is 2.64. The highest BCUT2D eigenvalue weighted by Crippen LogP contribution is 2.39. The van der Waals surface area contributed by atoms with Crippen molar-refractivity contribution in [1.29, 1.82) is 0 Å². The number of ether oxygens (including phenoxy) is 1. The van der Waals surface area contributed by atoms with E-state index in [1.54, 1.807) is 13.0 Å². The first-order chi connectivity index (χ1) is 8.13. The molecule has 0 atom stereocenters. The monoisotopic (exact) mass is 241 g/mol. The smallest absolute Gasteiger partial charge is 0.340 e. The van der Waals surface area contributed by atoms with Gasteiger partial charge in [-0.15, -0.1) is 0 Å². The lowest BCUT2D eigenvalue weighted by molar-refractivity contribution is 0.0513. The zero-order valence-electron chi connectivity index (χ0n) is 9.45. The van der Waals surface area contributed by atoms with E-state index < -0.39 is 18.1 Å². The molecule has 0 aromatic carbocycles. The van der Waals surface area contributed by atoms with E-state index in [4.69, 9.17) is 4.74 Å². The maximum absolute atomic E-state index is 12.8. The number of pyridine rings is 1. The molecule has 5 heteroatoms. The van der Waals surface area contributed by atoms with Crippen LogP contribution in [0.3, 0.4) is 0 Å². The minimum absolute atomic E-state index is 0.133. The third-order valence-electron chi connectivity index (χ3n) is 2.64. The number of hydrogen-bond donors (Lipinski definition) is 0. The van der Waals surface area contributed by atoms with E-state index in [2.05, 4.69) is 4.98 Å².